The molecule has 0 bridgehead atoms. The number of hydrogen-bond acceptors (Lipinski definition) is 2. The smallest absolute Gasteiger partial charge is 0.119 e. The number of ether oxygens (including phenoxy) is 1. The van der Waals surface area contributed by atoms with Crippen molar-refractivity contribution in [1.82, 2.24) is 0 Å². The lowest BCUT2D eigenvalue weighted by Gasteiger charge is -2.16. The number of unbranched alkanes of at least 4 members (excludes halogenated alkanes) is 1. The van der Waals surface area contributed by atoms with Gasteiger partial charge in [-0.1, -0.05) is 39.3 Å². The summed E-state index contributed by atoms with van der Waals surface area (Å²) in [6.45, 7) is 7.03. The first-order valence-electron chi connectivity index (χ1n) is 6.60. The van der Waals surface area contributed by atoms with Gasteiger partial charge in [0.15, 0.2) is 0 Å². The average molecular weight is 235 g/mol. The zero-order chi connectivity index (χ0) is 12.7. The van der Waals surface area contributed by atoms with E-state index in [4.69, 9.17) is 10.5 Å². The van der Waals surface area contributed by atoms with Crippen molar-refractivity contribution in [2.75, 3.05) is 6.61 Å². The third kappa shape index (κ3) is 5.22. The molecule has 1 aromatic carbocycles. The summed E-state index contributed by atoms with van der Waals surface area (Å²) in [4.78, 5) is 0. The van der Waals surface area contributed by atoms with Crippen LogP contribution < -0.4 is 10.5 Å². The molecular weight excluding hydrogens is 210 g/mol. The Morgan fingerprint density at radius 3 is 2.35 bits per heavy atom. The molecule has 1 aromatic rings. The second-order valence-corrected chi connectivity index (χ2v) is 4.97. The predicted molar refractivity (Wildman–Crippen MR) is 73.4 cm³/mol. The van der Waals surface area contributed by atoms with Crippen LogP contribution in [-0.2, 0) is 6.42 Å². The Hall–Kier alpha value is -1.02. The van der Waals surface area contributed by atoms with Crippen molar-refractivity contribution in [2.24, 2.45) is 11.7 Å². The zero-order valence-corrected chi connectivity index (χ0v) is 11.3. The van der Waals surface area contributed by atoms with Crippen molar-refractivity contribution in [1.29, 1.82) is 0 Å². The minimum atomic E-state index is 0.106. The number of rotatable bonds is 7. The van der Waals surface area contributed by atoms with Crippen LogP contribution in [-0.4, -0.2) is 12.6 Å². The topological polar surface area (TPSA) is 35.2 Å². The van der Waals surface area contributed by atoms with Gasteiger partial charge in [-0.2, -0.15) is 0 Å². The summed E-state index contributed by atoms with van der Waals surface area (Å²) in [5.74, 6) is 1.38. The fourth-order valence-electron chi connectivity index (χ4n) is 1.52. The van der Waals surface area contributed by atoms with Gasteiger partial charge in [-0.05, 0) is 36.5 Å². The average Bonchev–Trinajstić information content (AvgIpc) is 2.34. The molecule has 2 N–H and O–H groups in total. The maximum Gasteiger partial charge on any atom is 0.119 e. The van der Waals surface area contributed by atoms with Gasteiger partial charge in [-0.15, -0.1) is 0 Å². The standard InChI is InChI=1S/C15H25NO/c1-4-5-6-13-7-9-14(10-8-13)17-11-15(16)12(2)3/h7-10,12,15H,4-6,11,16H2,1-3H3. The molecule has 0 saturated carbocycles. The maximum atomic E-state index is 5.93. The molecule has 0 aliphatic rings. The van der Waals surface area contributed by atoms with Crippen molar-refractivity contribution >= 4 is 0 Å². The molecule has 0 spiro atoms. The molecule has 17 heavy (non-hydrogen) atoms. The van der Waals surface area contributed by atoms with Gasteiger partial charge in [0.1, 0.15) is 12.4 Å². The Morgan fingerprint density at radius 2 is 1.82 bits per heavy atom. The van der Waals surface area contributed by atoms with Crippen molar-refractivity contribution in [3.8, 4) is 5.75 Å². The summed E-state index contributed by atoms with van der Waals surface area (Å²) in [5, 5.41) is 0. The minimum absolute atomic E-state index is 0.106. The SMILES string of the molecule is CCCCc1ccc(OCC(N)C(C)C)cc1. The van der Waals surface area contributed by atoms with Crippen LogP contribution in [0.15, 0.2) is 24.3 Å². The molecule has 0 amide bonds. The van der Waals surface area contributed by atoms with Gasteiger partial charge < -0.3 is 10.5 Å². The van der Waals surface area contributed by atoms with E-state index in [-0.39, 0.29) is 6.04 Å². The van der Waals surface area contributed by atoms with E-state index in [1.807, 2.05) is 12.1 Å². The van der Waals surface area contributed by atoms with Crippen molar-refractivity contribution in [2.45, 2.75) is 46.1 Å². The molecule has 0 aromatic heterocycles. The summed E-state index contributed by atoms with van der Waals surface area (Å²) in [7, 11) is 0. The lowest BCUT2D eigenvalue weighted by molar-refractivity contribution is 0.259. The second kappa shape index (κ2) is 7.33. The molecule has 0 aliphatic carbocycles. The third-order valence-electron chi connectivity index (χ3n) is 3.04. The first-order chi connectivity index (χ1) is 8.13. The Bertz CT molecular complexity index is 305. The Kier molecular flexibility index (Phi) is 6.06. The van der Waals surface area contributed by atoms with Crippen molar-refractivity contribution < 1.29 is 4.74 Å². The lowest BCUT2D eigenvalue weighted by atomic mass is 10.1. The molecule has 0 heterocycles. The molecule has 1 unspecified atom stereocenters. The number of benzene rings is 1. The van der Waals surface area contributed by atoms with E-state index >= 15 is 0 Å². The van der Waals surface area contributed by atoms with Crippen LogP contribution in [0.4, 0.5) is 0 Å². The zero-order valence-electron chi connectivity index (χ0n) is 11.3. The summed E-state index contributed by atoms with van der Waals surface area (Å²) < 4.78 is 5.66. The summed E-state index contributed by atoms with van der Waals surface area (Å²) in [5.41, 5.74) is 7.32. The molecule has 1 rings (SSSR count). The highest BCUT2D eigenvalue weighted by Crippen LogP contribution is 2.14. The summed E-state index contributed by atoms with van der Waals surface area (Å²) in [6, 6.07) is 8.48. The molecule has 1 atom stereocenters. The quantitative estimate of drug-likeness (QED) is 0.786. The minimum Gasteiger partial charge on any atom is -0.492 e. The van der Waals surface area contributed by atoms with E-state index in [1.54, 1.807) is 0 Å². The maximum absolute atomic E-state index is 5.93. The van der Waals surface area contributed by atoms with E-state index in [2.05, 4.69) is 32.9 Å². The molecule has 0 radical (unpaired) electrons. The van der Waals surface area contributed by atoms with Crippen LogP contribution in [0.2, 0.25) is 0 Å². The van der Waals surface area contributed by atoms with Crippen LogP contribution in [0, 0.1) is 5.92 Å². The van der Waals surface area contributed by atoms with E-state index < -0.39 is 0 Å². The largest absolute Gasteiger partial charge is 0.492 e. The first kappa shape index (κ1) is 14.0. The van der Waals surface area contributed by atoms with Crippen LogP contribution in [0.3, 0.4) is 0 Å². The fourth-order valence-corrected chi connectivity index (χ4v) is 1.52. The number of hydrogen-bond donors (Lipinski definition) is 1. The molecule has 0 fully saturated rings. The summed E-state index contributed by atoms with van der Waals surface area (Å²) >= 11 is 0. The van der Waals surface area contributed by atoms with Crippen LogP contribution in [0.5, 0.6) is 5.75 Å². The Morgan fingerprint density at radius 1 is 1.18 bits per heavy atom. The first-order valence-corrected chi connectivity index (χ1v) is 6.60. The van der Waals surface area contributed by atoms with Gasteiger partial charge in [0.2, 0.25) is 0 Å². The highest BCUT2D eigenvalue weighted by molar-refractivity contribution is 5.27. The molecule has 0 saturated heterocycles. The summed E-state index contributed by atoms with van der Waals surface area (Å²) in [6.07, 6.45) is 3.64. The van der Waals surface area contributed by atoms with E-state index in [1.165, 1.54) is 18.4 Å². The van der Waals surface area contributed by atoms with Gasteiger partial charge in [0.05, 0.1) is 0 Å². The fraction of sp³-hybridized carbons (Fsp3) is 0.600. The lowest BCUT2D eigenvalue weighted by Crippen LogP contribution is -2.32. The molecular formula is C15H25NO. The van der Waals surface area contributed by atoms with Crippen molar-refractivity contribution in [3.63, 3.8) is 0 Å². The van der Waals surface area contributed by atoms with Gasteiger partial charge in [-0.3, -0.25) is 0 Å². The molecule has 2 nitrogen and oxygen atoms in total. The van der Waals surface area contributed by atoms with Gasteiger partial charge in [-0.25, -0.2) is 0 Å². The highest BCUT2D eigenvalue weighted by atomic mass is 16.5. The monoisotopic (exact) mass is 235 g/mol. The molecule has 2 heteroatoms. The van der Waals surface area contributed by atoms with Crippen LogP contribution in [0.25, 0.3) is 0 Å². The van der Waals surface area contributed by atoms with E-state index in [0.29, 0.717) is 12.5 Å². The van der Waals surface area contributed by atoms with Gasteiger partial charge >= 0.3 is 0 Å². The van der Waals surface area contributed by atoms with Crippen LogP contribution >= 0.6 is 0 Å². The van der Waals surface area contributed by atoms with Gasteiger partial charge in [0.25, 0.3) is 0 Å². The second-order valence-electron chi connectivity index (χ2n) is 4.97. The predicted octanol–water partition coefficient (Wildman–Crippen LogP) is 3.39. The number of nitrogens with two attached hydrogens (primary N) is 1. The molecule has 96 valence electrons. The van der Waals surface area contributed by atoms with E-state index in [9.17, 15) is 0 Å². The Balaban J connectivity index is 2.40. The normalized spacial score (nSPS) is 12.8. The molecule has 0 aliphatic heterocycles. The van der Waals surface area contributed by atoms with Gasteiger partial charge in [0, 0.05) is 6.04 Å². The third-order valence-corrected chi connectivity index (χ3v) is 3.04. The Labute approximate surface area is 105 Å². The number of aryl methyl sites for hydroxylation is 1. The van der Waals surface area contributed by atoms with Crippen molar-refractivity contribution in [3.05, 3.63) is 29.8 Å². The highest BCUT2D eigenvalue weighted by Gasteiger charge is 2.07. The van der Waals surface area contributed by atoms with Crippen LogP contribution in [0.1, 0.15) is 39.2 Å². The van der Waals surface area contributed by atoms with E-state index in [0.717, 1.165) is 12.2 Å².